The van der Waals surface area contributed by atoms with E-state index >= 15 is 0 Å². The molecule has 0 unspecified atom stereocenters. The third kappa shape index (κ3) is 2.30. The lowest BCUT2D eigenvalue weighted by Gasteiger charge is -1.99. The molecular weight excluding hydrogens is 208 g/mol. The predicted molar refractivity (Wildman–Crippen MR) is 55.8 cm³/mol. The summed E-state index contributed by atoms with van der Waals surface area (Å²) in [5.41, 5.74) is 1.55. The van der Waals surface area contributed by atoms with Gasteiger partial charge in [0.1, 0.15) is 6.33 Å². The molecule has 1 aromatic heterocycles. The maximum absolute atomic E-state index is 10.4. The van der Waals surface area contributed by atoms with Gasteiger partial charge in [-0.05, 0) is 34.2 Å². The van der Waals surface area contributed by atoms with E-state index in [1.807, 2.05) is 6.07 Å². The van der Waals surface area contributed by atoms with Crippen molar-refractivity contribution in [2.75, 3.05) is 0 Å². The van der Waals surface area contributed by atoms with Crippen LogP contribution in [0.1, 0.15) is 5.56 Å². The second-order valence-corrected chi connectivity index (χ2v) is 3.02. The highest BCUT2D eigenvalue weighted by Crippen LogP contribution is 2.09. The molecule has 16 heavy (non-hydrogen) atoms. The van der Waals surface area contributed by atoms with Gasteiger partial charge in [0, 0.05) is 6.08 Å². The highest BCUT2D eigenvalue weighted by Gasteiger charge is 1.97. The van der Waals surface area contributed by atoms with E-state index < -0.39 is 5.97 Å². The van der Waals surface area contributed by atoms with E-state index in [9.17, 15) is 4.79 Å². The number of rotatable bonds is 3. The number of tetrazole rings is 1. The lowest BCUT2D eigenvalue weighted by atomic mass is 10.2. The maximum atomic E-state index is 10.4. The van der Waals surface area contributed by atoms with Crippen molar-refractivity contribution >= 4 is 12.0 Å². The number of nitrogens with zero attached hydrogens (tertiary/aromatic N) is 4. The molecule has 6 nitrogen and oxygen atoms in total. The van der Waals surface area contributed by atoms with Crippen molar-refractivity contribution < 1.29 is 9.90 Å². The molecule has 2 rings (SSSR count). The SMILES string of the molecule is O=C(O)/C=C/c1cccc(-n2cnnn2)c1. The van der Waals surface area contributed by atoms with Gasteiger partial charge in [0.2, 0.25) is 0 Å². The number of aromatic nitrogens is 4. The Balaban J connectivity index is 2.30. The third-order valence-corrected chi connectivity index (χ3v) is 1.90. The van der Waals surface area contributed by atoms with Gasteiger partial charge in [-0.2, -0.15) is 0 Å². The number of benzene rings is 1. The molecule has 0 saturated heterocycles. The minimum atomic E-state index is -0.979. The fourth-order valence-corrected chi connectivity index (χ4v) is 1.22. The number of hydrogen-bond donors (Lipinski definition) is 1. The summed E-state index contributed by atoms with van der Waals surface area (Å²) in [5, 5.41) is 19.3. The average molecular weight is 216 g/mol. The molecule has 0 radical (unpaired) electrons. The van der Waals surface area contributed by atoms with Gasteiger partial charge in [-0.15, -0.1) is 5.10 Å². The Morgan fingerprint density at radius 2 is 2.31 bits per heavy atom. The summed E-state index contributed by atoms with van der Waals surface area (Å²) in [4.78, 5) is 10.4. The van der Waals surface area contributed by atoms with Crippen molar-refractivity contribution in [3.63, 3.8) is 0 Å². The van der Waals surface area contributed by atoms with Gasteiger partial charge >= 0.3 is 5.97 Å². The number of carboxylic acid groups (broad SMARTS) is 1. The van der Waals surface area contributed by atoms with E-state index in [0.29, 0.717) is 0 Å². The van der Waals surface area contributed by atoms with Crippen LogP contribution >= 0.6 is 0 Å². The normalized spacial score (nSPS) is 10.8. The molecule has 0 spiro atoms. The Morgan fingerprint density at radius 1 is 1.44 bits per heavy atom. The molecule has 1 N–H and O–H groups in total. The van der Waals surface area contributed by atoms with Crippen LogP contribution in [0.15, 0.2) is 36.7 Å². The summed E-state index contributed by atoms with van der Waals surface area (Å²) >= 11 is 0. The van der Waals surface area contributed by atoms with Gasteiger partial charge in [-0.25, -0.2) is 9.48 Å². The van der Waals surface area contributed by atoms with Crippen LogP contribution in [0.4, 0.5) is 0 Å². The zero-order chi connectivity index (χ0) is 11.4. The van der Waals surface area contributed by atoms with Crippen LogP contribution in [0.2, 0.25) is 0 Å². The fraction of sp³-hybridized carbons (Fsp3) is 0. The van der Waals surface area contributed by atoms with E-state index in [-0.39, 0.29) is 0 Å². The smallest absolute Gasteiger partial charge is 0.328 e. The minimum absolute atomic E-state index is 0.774. The molecule has 0 saturated carbocycles. The third-order valence-electron chi connectivity index (χ3n) is 1.90. The lowest BCUT2D eigenvalue weighted by molar-refractivity contribution is -0.131. The molecule has 0 atom stereocenters. The van der Waals surface area contributed by atoms with Crippen molar-refractivity contribution in [2.45, 2.75) is 0 Å². The number of carboxylic acids is 1. The number of carbonyl (C=O) groups is 1. The van der Waals surface area contributed by atoms with Crippen LogP contribution in [-0.2, 0) is 4.79 Å². The summed E-state index contributed by atoms with van der Waals surface area (Å²) < 4.78 is 1.50. The zero-order valence-electron chi connectivity index (χ0n) is 8.19. The van der Waals surface area contributed by atoms with Gasteiger partial charge in [0.25, 0.3) is 0 Å². The minimum Gasteiger partial charge on any atom is -0.478 e. The van der Waals surface area contributed by atoms with E-state index in [0.717, 1.165) is 17.3 Å². The summed E-state index contributed by atoms with van der Waals surface area (Å²) in [6, 6.07) is 7.22. The van der Waals surface area contributed by atoms with E-state index in [1.54, 1.807) is 18.2 Å². The van der Waals surface area contributed by atoms with E-state index in [1.165, 1.54) is 17.1 Å². The standard InChI is InChI=1S/C10H8N4O2/c15-10(16)5-4-8-2-1-3-9(6-8)14-7-11-12-13-14/h1-7H,(H,15,16)/b5-4+. The molecule has 6 heteroatoms. The first-order chi connectivity index (χ1) is 7.75. The predicted octanol–water partition coefficient (Wildman–Crippen LogP) is 0.760. The Bertz CT molecular complexity index is 519. The first-order valence-corrected chi connectivity index (χ1v) is 4.50. The summed E-state index contributed by atoms with van der Waals surface area (Å²) in [6.45, 7) is 0. The summed E-state index contributed by atoms with van der Waals surface area (Å²) in [5.74, 6) is -0.979. The van der Waals surface area contributed by atoms with Crippen molar-refractivity contribution in [2.24, 2.45) is 0 Å². The molecule has 0 amide bonds. The van der Waals surface area contributed by atoms with E-state index in [4.69, 9.17) is 5.11 Å². The van der Waals surface area contributed by atoms with Crippen molar-refractivity contribution in [3.8, 4) is 5.69 Å². The molecule has 80 valence electrons. The zero-order valence-corrected chi connectivity index (χ0v) is 8.19. The van der Waals surface area contributed by atoms with Gasteiger partial charge in [-0.3, -0.25) is 0 Å². The van der Waals surface area contributed by atoms with Crippen LogP contribution in [0.3, 0.4) is 0 Å². The summed E-state index contributed by atoms with van der Waals surface area (Å²) in [6.07, 6.45) is 4.06. The first-order valence-electron chi connectivity index (χ1n) is 4.50. The van der Waals surface area contributed by atoms with Gasteiger partial charge < -0.3 is 5.11 Å². The topological polar surface area (TPSA) is 80.9 Å². The Kier molecular flexibility index (Phi) is 2.73. The van der Waals surface area contributed by atoms with Crippen LogP contribution in [0.25, 0.3) is 11.8 Å². The molecule has 0 bridgehead atoms. The molecule has 1 aromatic carbocycles. The first kappa shape index (κ1) is 10.0. The highest BCUT2D eigenvalue weighted by molar-refractivity contribution is 5.85. The molecule has 0 aliphatic rings. The Labute approximate surface area is 90.8 Å². The molecule has 2 aromatic rings. The maximum Gasteiger partial charge on any atom is 0.328 e. The van der Waals surface area contributed by atoms with Crippen molar-refractivity contribution in [1.82, 2.24) is 20.2 Å². The second kappa shape index (κ2) is 4.35. The monoisotopic (exact) mass is 216 g/mol. The second-order valence-electron chi connectivity index (χ2n) is 3.02. The summed E-state index contributed by atoms with van der Waals surface area (Å²) in [7, 11) is 0. The Hall–Kier alpha value is -2.50. The Morgan fingerprint density at radius 3 is 3.00 bits per heavy atom. The van der Waals surface area contributed by atoms with Gasteiger partial charge in [0.15, 0.2) is 0 Å². The molecule has 0 aliphatic heterocycles. The fourth-order valence-electron chi connectivity index (χ4n) is 1.22. The molecule has 1 heterocycles. The average Bonchev–Trinajstić information content (AvgIpc) is 2.80. The largest absolute Gasteiger partial charge is 0.478 e. The van der Waals surface area contributed by atoms with E-state index in [2.05, 4.69) is 15.5 Å². The van der Waals surface area contributed by atoms with Crippen LogP contribution in [0.5, 0.6) is 0 Å². The van der Waals surface area contributed by atoms with Gasteiger partial charge in [-0.1, -0.05) is 12.1 Å². The molecular formula is C10H8N4O2. The lowest BCUT2D eigenvalue weighted by Crippen LogP contribution is -1.95. The van der Waals surface area contributed by atoms with Gasteiger partial charge in [0.05, 0.1) is 5.69 Å². The quantitative estimate of drug-likeness (QED) is 0.766. The van der Waals surface area contributed by atoms with Crippen LogP contribution in [-0.4, -0.2) is 31.3 Å². The highest BCUT2D eigenvalue weighted by atomic mass is 16.4. The number of aliphatic carboxylic acids is 1. The van der Waals surface area contributed by atoms with Crippen molar-refractivity contribution in [1.29, 1.82) is 0 Å². The molecule has 0 fully saturated rings. The van der Waals surface area contributed by atoms with Crippen molar-refractivity contribution in [3.05, 3.63) is 42.2 Å². The molecule has 0 aliphatic carbocycles. The van der Waals surface area contributed by atoms with Crippen LogP contribution in [0, 0.1) is 0 Å². The van der Waals surface area contributed by atoms with Crippen LogP contribution < -0.4 is 0 Å². The number of hydrogen-bond acceptors (Lipinski definition) is 4.